The van der Waals surface area contributed by atoms with Gasteiger partial charge in [-0.3, -0.25) is 9.88 Å². The van der Waals surface area contributed by atoms with Crippen LogP contribution in [-0.2, 0) is 18.1 Å². The lowest BCUT2D eigenvalue weighted by Crippen LogP contribution is -2.57. The van der Waals surface area contributed by atoms with E-state index in [1.807, 2.05) is 4.90 Å². The molecule has 0 spiro atoms. The molecule has 0 aliphatic carbocycles. The average molecular weight is 551 g/mol. The van der Waals surface area contributed by atoms with Gasteiger partial charge in [-0.25, -0.2) is 9.18 Å². The van der Waals surface area contributed by atoms with Crippen molar-refractivity contribution < 1.29 is 27.5 Å². The van der Waals surface area contributed by atoms with Gasteiger partial charge >= 0.3 is 12.2 Å². The molecule has 0 bridgehead atoms. The molecule has 202 valence electrons. The molecule has 4 rings (SSSR count). The molecule has 0 radical (unpaired) electrons. The number of benzene rings is 2. The van der Waals surface area contributed by atoms with E-state index in [4.69, 9.17) is 11.6 Å². The maximum absolute atomic E-state index is 14.7. The molecule has 2 amide bonds. The number of nitrogens with zero attached hydrogens (tertiary/aromatic N) is 3. The molecule has 1 fully saturated rings. The quantitative estimate of drug-likeness (QED) is 0.419. The van der Waals surface area contributed by atoms with Gasteiger partial charge in [0.1, 0.15) is 11.4 Å². The molecular weight excluding hydrogens is 524 g/mol. The fraction of sp³-hybridized carbons (Fsp3) is 0.333. The van der Waals surface area contributed by atoms with E-state index in [9.17, 15) is 27.5 Å². The Morgan fingerprint density at radius 3 is 2.29 bits per heavy atom. The summed E-state index contributed by atoms with van der Waals surface area (Å²) in [4.78, 5) is 21.6. The van der Waals surface area contributed by atoms with Crippen LogP contribution in [0.15, 0.2) is 66.9 Å². The minimum absolute atomic E-state index is 0.000555. The van der Waals surface area contributed by atoms with E-state index in [1.165, 1.54) is 18.3 Å². The van der Waals surface area contributed by atoms with Crippen molar-refractivity contribution in [3.05, 3.63) is 100 Å². The molecule has 1 aliphatic rings. The lowest BCUT2D eigenvalue weighted by molar-refractivity contribution is -0.137. The first-order valence-corrected chi connectivity index (χ1v) is 12.4. The Morgan fingerprint density at radius 1 is 1.00 bits per heavy atom. The van der Waals surface area contributed by atoms with Gasteiger partial charge in [-0.1, -0.05) is 41.9 Å². The van der Waals surface area contributed by atoms with Gasteiger partial charge in [0.05, 0.1) is 22.9 Å². The summed E-state index contributed by atoms with van der Waals surface area (Å²) in [6.07, 6.45) is -3.48. The number of aliphatic hydroxyl groups excluding tert-OH is 1. The SMILES string of the molecule is O=C(N[C@@](Cc1ccccc1)(c1cc(F)cc(C(F)(F)F)c1)c1ccc(Cl)cn1)N1CCN(CCO)CC1. The van der Waals surface area contributed by atoms with Crippen molar-refractivity contribution in [1.82, 2.24) is 20.1 Å². The molecule has 38 heavy (non-hydrogen) atoms. The molecule has 6 nitrogen and oxygen atoms in total. The zero-order chi connectivity index (χ0) is 27.3. The molecule has 0 saturated carbocycles. The molecule has 1 saturated heterocycles. The second-order valence-electron chi connectivity index (χ2n) is 9.14. The van der Waals surface area contributed by atoms with Gasteiger partial charge in [0.25, 0.3) is 0 Å². The number of halogens is 5. The van der Waals surface area contributed by atoms with Gasteiger partial charge in [-0.05, 0) is 41.5 Å². The van der Waals surface area contributed by atoms with Crippen molar-refractivity contribution in [3.63, 3.8) is 0 Å². The summed E-state index contributed by atoms with van der Waals surface area (Å²) in [7, 11) is 0. The second-order valence-corrected chi connectivity index (χ2v) is 9.57. The Balaban J connectivity index is 1.84. The summed E-state index contributed by atoms with van der Waals surface area (Å²) in [5.74, 6) is -1.09. The Bertz CT molecular complexity index is 1240. The number of hydrogen-bond donors (Lipinski definition) is 2. The molecule has 1 aliphatic heterocycles. The summed E-state index contributed by atoms with van der Waals surface area (Å²) in [5.41, 5.74) is -2.04. The van der Waals surface area contributed by atoms with Crippen LogP contribution >= 0.6 is 11.6 Å². The molecule has 2 N–H and O–H groups in total. The van der Waals surface area contributed by atoms with E-state index in [2.05, 4.69) is 10.3 Å². The molecule has 0 unspecified atom stereocenters. The van der Waals surface area contributed by atoms with E-state index in [0.717, 1.165) is 12.1 Å². The van der Waals surface area contributed by atoms with Crippen molar-refractivity contribution in [2.45, 2.75) is 18.1 Å². The number of hydrogen-bond acceptors (Lipinski definition) is 4. The second kappa shape index (κ2) is 11.7. The first-order valence-electron chi connectivity index (χ1n) is 12.1. The van der Waals surface area contributed by atoms with Crippen LogP contribution in [0.1, 0.15) is 22.4 Å². The van der Waals surface area contributed by atoms with Crippen molar-refractivity contribution in [1.29, 1.82) is 0 Å². The maximum atomic E-state index is 14.7. The van der Waals surface area contributed by atoms with Gasteiger partial charge in [-0.15, -0.1) is 0 Å². The van der Waals surface area contributed by atoms with E-state index in [1.54, 1.807) is 35.2 Å². The zero-order valence-electron chi connectivity index (χ0n) is 20.4. The topological polar surface area (TPSA) is 68.7 Å². The largest absolute Gasteiger partial charge is 0.416 e. The van der Waals surface area contributed by atoms with Crippen molar-refractivity contribution in [3.8, 4) is 0 Å². The third kappa shape index (κ3) is 6.43. The van der Waals surface area contributed by atoms with Gasteiger partial charge in [0, 0.05) is 45.3 Å². The summed E-state index contributed by atoms with van der Waals surface area (Å²) >= 11 is 6.06. The molecule has 2 heterocycles. The summed E-state index contributed by atoms with van der Waals surface area (Å²) < 4.78 is 56.0. The first kappa shape index (κ1) is 27.8. The van der Waals surface area contributed by atoms with E-state index in [-0.39, 0.29) is 24.3 Å². The molecule has 2 aromatic carbocycles. The Hall–Kier alpha value is -3.21. The minimum atomic E-state index is -4.81. The summed E-state index contributed by atoms with van der Waals surface area (Å²) in [5, 5.41) is 12.4. The highest BCUT2D eigenvalue weighted by Crippen LogP contribution is 2.38. The fourth-order valence-corrected chi connectivity index (χ4v) is 4.74. The third-order valence-corrected chi connectivity index (χ3v) is 6.81. The number of aliphatic hydroxyl groups is 1. The molecule has 3 aromatic rings. The van der Waals surface area contributed by atoms with Crippen LogP contribution in [0.25, 0.3) is 0 Å². The smallest absolute Gasteiger partial charge is 0.395 e. The molecule has 11 heteroatoms. The molecule has 1 atom stereocenters. The van der Waals surface area contributed by atoms with Gasteiger partial charge in [-0.2, -0.15) is 13.2 Å². The monoisotopic (exact) mass is 550 g/mol. The highest BCUT2D eigenvalue weighted by molar-refractivity contribution is 6.30. The number of aromatic nitrogens is 1. The van der Waals surface area contributed by atoms with Crippen LogP contribution in [0, 0.1) is 5.82 Å². The minimum Gasteiger partial charge on any atom is -0.395 e. The number of carbonyl (C=O) groups excluding carboxylic acids is 1. The van der Waals surface area contributed by atoms with Gasteiger partial charge in [0.2, 0.25) is 0 Å². The Kier molecular flexibility index (Phi) is 8.54. The van der Waals surface area contributed by atoms with Crippen molar-refractivity contribution in [2.75, 3.05) is 39.3 Å². The number of carbonyl (C=O) groups is 1. The third-order valence-electron chi connectivity index (χ3n) is 6.59. The Morgan fingerprint density at radius 2 is 1.68 bits per heavy atom. The number of piperazine rings is 1. The highest BCUT2D eigenvalue weighted by Gasteiger charge is 2.42. The van der Waals surface area contributed by atoms with Crippen LogP contribution in [-0.4, -0.2) is 65.3 Å². The lowest BCUT2D eigenvalue weighted by Gasteiger charge is -2.40. The predicted molar refractivity (Wildman–Crippen MR) is 135 cm³/mol. The average Bonchev–Trinajstić information content (AvgIpc) is 2.89. The van der Waals surface area contributed by atoms with Gasteiger partial charge in [0.15, 0.2) is 0 Å². The maximum Gasteiger partial charge on any atom is 0.416 e. The lowest BCUT2D eigenvalue weighted by atomic mass is 9.79. The molecule has 1 aromatic heterocycles. The number of rotatable bonds is 7. The summed E-state index contributed by atoms with van der Waals surface area (Å²) in [6.45, 7) is 2.21. The van der Waals surface area contributed by atoms with E-state index < -0.39 is 29.1 Å². The molecular formula is C27H27ClF4N4O2. The summed E-state index contributed by atoms with van der Waals surface area (Å²) in [6, 6.07) is 13.6. The van der Waals surface area contributed by atoms with Crippen LogP contribution in [0.3, 0.4) is 0 Å². The van der Waals surface area contributed by atoms with Crippen LogP contribution in [0.5, 0.6) is 0 Å². The van der Waals surface area contributed by atoms with Crippen molar-refractivity contribution in [2.24, 2.45) is 0 Å². The number of nitrogens with one attached hydrogen (secondary N) is 1. The van der Waals surface area contributed by atoms with Gasteiger partial charge < -0.3 is 15.3 Å². The number of amides is 2. The number of pyridine rings is 1. The van der Waals surface area contributed by atoms with E-state index in [0.29, 0.717) is 49.4 Å². The van der Waals surface area contributed by atoms with Crippen LogP contribution in [0.4, 0.5) is 22.4 Å². The predicted octanol–water partition coefficient (Wildman–Crippen LogP) is 4.70. The highest BCUT2D eigenvalue weighted by atomic mass is 35.5. The van der Waals surface area contributed by atoms with Crippen molar-refractivity contribution >= 4 is 17.6 Å². The first-order chi connectivity index (χ1) is 18.1. The fourth-order valence-electron chi connectivity index (χ4n) is 4.63. The number of urea groups is 1. The zero-order valence-corrected chi connectivity index (χ0v) is 21.1. The van der Waals surface area contributed by atoms with Crippen LogP contribution in [0.2, 0.25) is 5.02 Å². The van der Waals surface area contributed by atoms with E-state index >= 15 is 0 Å². The van der Waals surface area contributed by atoms with Crippen LogP contribution < -0.4 is 5.32 Å². The number of alkyl halides is 3. The number of β-amino-alcohol motifs (C(OH)–C–C–N with tert-alkyl or cyclic N) is 1. The standard InChI is InChI=1S/C27H27ClF4N4O2/c28-22-6-7-24(33-18-22)26(17-19-4-2-1-3-5-19,20-14-21(27(30,31)32)16-23(29)15-20)34-25(38)36-10-8-35(9-11-36)12-13-37/h1-7,14-16,18,37H,8-13,17H2,(H,34,38)/t26-/m0/s1. The Labute approximate surface area is 222 Å². The normalized spacial score (nSPS) is 16.2.